The summed E-state index contributed by atoms with van der Waals surface area (Å²) in [6, 6.07) is 6.39. The zero-order chi connectivity index (χ0) is 18.4. The fourth-order valence-electron chi connectivity index (χ4n) is 4.42. The molecule has 1 aliphatic rings. The van der Waals surface area contributed by atoms with Crippen molar-refractivity contribution in [2.75, 3.05) is 0 Å². The first-order valence-corrected chi connectivity index (χ1v) is 8.94. The molecule has 0 saturated carbocycles. The fourth-order valence-corrected chi connectivity index (χ4v) is 4.42. The van der Waals surface area contributed by atoms with Crippen molar-refractivity contribution in [3.8, 4) is 0 Å². The molecule has 24 heavy (non-hydrogen) atoms. The lowest BCUT2D eigenvalue weighted by molar-refractivity contribution is -0.516. The quantitative estimate of drug-likeness (QED) is 0.760. The Bertz CT molecular complexity index is 668. The number of aliphatic carboxylic acids is 1. The molecule has 1 aliphatic heterocycles. The van der Waals surface area contributed by atoms with Crippen LogP contribution in [0.15, 0.2) is 18.2 Å². The highest BCUT2D eigenvalue weighted by Crippen LogP contribution is 2.46. The van der Waals surface area contributed by atoms with Gasteiger partial charge in [0.1, 0.15) is 0 Å². The van der Waals surface area contributed by atoms with E-state index in [4.69, 9.17) is 0 Å². The molecular weight excluding hydrogens is 298 g/mol. The van der Waals surface area contributed by atoms with E-state index in [1.165, 1.54) is 11.1 Å². The molecule has 0 saturated heterocycles. The second-order valence-corrected chi connectivity index (χ2v) is 8.96. The van der Waals surface area contributed by atoms with Crippen LogP contribution >= 0.6 is 0 Å². The summed E-state index contributed by atoms with van der Waals surface area (Å²) < 4.78 is 2.12. The first-order chi connectivity index (χ1) is 10.9. The second-order valence-electron chi connectivity index (χ2n) is 8.96. The van der Waals surface area contributed by atoms with E-state index in [2.05, 4.69) is 64.3 Å². The largest absolute Gasteiger partial charge is 0.474 e. The monoisotopic (exact) mass is 330 g/mol. The molecule has 0 radical (unpaired) electrons. The van der Waals surface area contributed by atoms with Gasteiger partial charge in [-0.3, -0.25) is 0 Å². The summed E-state index contributed by atoms with van der Waals surface area (Å²) >= 11 is 0. The van der Waals surface area contributed by atoms with Crippen LogP contribution in [0.5, 0.6) is 0 Å². The van der Waals surface area contributed by atoms with Gasteiger partial charge in [0.25, 0.3) is 5.71 Å². The second kappa shape index (κ2) is 6.02. The van der Waals surface area contributed by atoms with Gasteiger partial charge in [-0.25, -0.2) is 4.79 Å². The number of rotatable bonds is 4. The van der Waals surface area contributed by atoms with Crippen LogP contribution in [0, 0.1) is 5.41 Å². The molecule has 1 aromatic rings. The Hall–Kier alpha value is -1.64. The van der Waals surface area contributed by atoms with Crippen LogP contribution < -0.4 is 0 Å². The molecule has 0 aliphatic carbocycles. The number of carbonyl (C=O) groups is 1. The third-order valence-corrected chi connectivity index (χ3v) is 5.11. The number of hydrogen-bond donors (Lipinski definition) is 1. The highest BCUT2D eigenvalue weighted by atomic mass is 16.4. The fraction of sp³-hybridized carbons (Fsp3) is 0.619. The molecule has 0 bridgehead atoms. The average Bonchev–Trinajstić information content (AvgIpc) is 2.61. The molecule has 3 nitrogen and oxygen atoms in total. The van der Waals surface area contributed by atoms with E-state index in [-0.39, 0.29) is 11.0 Å². The molecule has 0 amide bonds. The summed E-state index contributed by atoms with van der Waals surface area (Å²) in [5.74, 6) is -0.125. The third-order valence-electron chi connectivity index (χ3n) is 5.11. The summed E-state index contributed by atoms with van der Waals surface area (Å²) in [6.45, 7) is 17.1. The van der Waals surface area contributed by atoms with Gasteiger partial charge >= 0.3 is 5.97 Å². The Morgan fingerprint density at radius 2 is 1.50 bits per heavy atom. The summed E-state index contributed by atoms with van der Waals surface area (Å²) in [5, 5.41) is 9.99. The van der Waals surface area contributed by atoms with Crippen LogP contribution in [0.4, 0.5) is 5.69 Å². The SMILES string of the molecule is CC(C)c1cccc(C(C)C)c1[N+]1=C(C(=O)O)C(C)(C)CC1(C)C. The van der Waals surface area contributed by atoms with E-state index >= 15 is 0 Å². The van der Waals surface area contributed by atoms with Gasteiger partial charge < -0.3 is 5.11 Å². The Kier molecular flexibility index (Phi) is 4.69. The van der Waals surface area contributed by atoms with Crippen LogP contribution in [-0.2, 0) is 4.79 Å². The molecule has 1 aromatic carbocycles. The van der Waals surface area contributed by atoms with Crippen molar-refractivity contribution in [1.82, 2.24) is 0 Å². The minimum absolute atomic E-state index is 0.230. The lowest BCUT2D eigenvalue weighted by Gasteiger charge is -2.23. The van der Waals surface area contributed by atoms with Gasteiger partial charge in [-0.2, -0.15) is 4.58 Å². The molecule has 0 unspecified atom stereocenters. The molecule has 0 aromatic heterocycles. The zero-order valence-electron chi connectivity index (χ0n) is 16.4. The normalized spacial score (nSPS) is 19.4. The molecule has 0 atom stereocenters. The first-order valence-electron chi connectivity index (χ1n) is 8.94. The summed E-state index contributed by atoms with van der Waals surface area (Å²) in [6.07, 6.45) is 0.825. The number of para-hydroxylation sites is 1. The molecule has 0 fully saturated rings. The predicted molar refractivity (Wildman–Crippen MR) is 99.7 cm³/mol. The van der Waals surface area contributed by atoms with E-state index < -0.39 is 5.97 Å². The van der Waals surface area contributed by atoms with Crippen molar-refractivity contribution in [2.45, 2.75) is 79.2 Å². The molecular formula is C21H32NO2+. The average molecular weight is 330 g/mol. The molecule has 1 heterocycles. The number of hydrogen-bond acceptors (Lipinski definition) is 1. The molecule has 2 rings (SSSR count). The lowest BCUT2D eigenvalue weighted by atomic mass is 9.81. The standard InChI is InChI=1S/C21H31NO2/c1-13(2)15-10-9-11-16(14(3)4)17(15)22-18(19(23)24)20(5,6)12-21(22,7)8/h9-11,13-14H,12H2,1-8H3/p+1. The Morgan fingerprint density at radius 3 is 1.88 bits per heavy atom. The summed E-state index contributed by atoms with van der Waals surface area (Å²) in [4.78, 5) is 12.2. The molecule has 132 valence electrons. The van der Waals surface area contributed by atoms with Gasteiger partial charge in [-0.15, -0.1) is 0 Å². The topological polar surface area (TPSA) is 40.3 Å². The van der Waals surface area contributed by atoms with Crippen LogP contribution in [-0.4, -0.2) is 26.9 Å². The number of benzene rings is 1. The van der Waals surface area contributed by atoms with Crippen LogP contribution in [0.2, 0.25) is 0 Å². The lowest BCUT2D eigenvalue weighted by Crippen LogP contribution is -2.35. The van der Waals surface area contributed by atoms with Crippen LogP contribution in [0.25, 0.3) is 0 Å². The smallest absolute Gasteiger partial charge is 0.397 e. The first kappa shape index (κ1) is 18.7. The van der Waals surface area contributed by atoms with Gasteiger partial charge in [-0.05, 0) is 25.7 Å². The van der Waals surface area contributed by atoms with Gasteiger partial charge in [0.2, 0.25) is 5.69 Å². The van der Waals surface area contributed by atoms with Crippen LogP contribution in [0.3, 0.4) is 0 Å². The maximum Gasteiger partial charge on any atom is 0.397 e. The van der Waals surface area contributed by atoms with E-state index in [9.17, 15) is 9.90 Å². The van der Waals surface area contributed by atoms with Crippen LogP contribution in [0.1, 0.15) is 84.8 Å². The number of nitrogens with zero attached hydrogens (tertiary/aromatic N) is 1. The van der Waals surface area contributed by atoms with Gasteiger partial charge in [0.15, 0.2) is 5.54 Å². The summed E-state index contributed by atoms with van der Waals surface area (Å²) in [5.41, 5.74) is 3.49. The van der Waals surface area contributed by atoms with Crippen molar-refractivity contribution >= 4 is 17.4 Å². The number of carboxylic acids is 1. The summed E-state index contributed by atoms with van der Waals surface area (Å²) in [7, 11) is 0. The highest BCUT2D eigenvalue weighted by molar-refractivity contribution is 6.36. The van der Waals surface area contributed by atoms with Gasteiger partial charge in [-0.1, -0.05) is 45.9 Å². The zero-order valence-corrected chi connectivity index (χ0v) is 16.4. The predicted octanol–water partition coefficient (Wildman–Crippen LogP) is 5.31. The minimum atomic E-state index is -0.807. The van der Waals surface area contributed by atoms with E-state index in [1.54, 1.807) is 0 Å². The molecule has 0 spiro atoms. The van der Waals surface area contributed by atoms with Crippen molar-refractivity contribution < 1.29 is 14.5 Å². The molecule has 1 N–H and O–H groups in total. The minimum Gasteiger partial charge on any atom is -0.474 e. The maximum absolute atomic E-state index is 12.2. The third kappa shape index (κ3) is 3.01. The maximum atomic E-state index is 12.2. The number of carboxylic acid groups (broad SMARTS) is 1. The Labute approximate surface area is 146 Å². The van der Waals surface area contributed by atoms with E-state index in [0.717, 1.165) is 12.1 Å². The van der Waals surface area contributed by atoms with Crippen molar-refractivity contribution in [3.05, 3.63) is 29.3 Å². The highest BCUT2D eigenvalue weighted by Gasteiger charge is 2.56. The van der Waals surface area contributed by atoms with E-state index in [0.29, 0.717) is 17.5 Å². The Balaban J connectivity index is 2.96. The molecule has 3 heteroatoms. The van der Waals surface area contributed by atoms with Crippen molar-refractivity contribution in [1.29, 1.82) is 0 Å². The van der Waals surface area contributed by atoms with E-state index in [1.807, 2.05) is 13.8 Å². The van der Waals surface area contributed by atoms with Gasteiger partial charge in [0, 0.05) is 31.4 Å². The van der Waals surface area contributed by atoms with Gasteiger partial charge in [0.05, 0.1) is 5.41 Å². The van der Waals surface area contributed by atoms with Crippen molar-refractivity contribution in [2.24, 2.45) is 5.41 Å². The van der Waals surface area contributed by atoms with Crippen molar-refractivity contribution in [3.63, 3.8) is 0 Å². The Morgan fingerprint density at radius 1 is 1.04 bits per heavy atom.